The minimum Gasteiger partial charge on any atom is -0.492 e. The average molecular weight is 293 g/mol. The molecule has 1 aromatic rings. The summed E-state index contributed by atoms with van der Waals surface area (Å²) in [4.78, 5) is 0. The van der Waals surface area contributed by atoms with Gasteiger partial charge < -0.3 is 4.74 Å². The van der Waals surface area contributed by atoms with E-state index in [4.69, 9.17) is 4.74 Å². The zero-order chi connectivity index (χ0) is 12.3. The molecule has 1 fully saturated rings. The van der Waals surface area contributed by atoms with Crippen LogP contribution in [-0.2, 0) is 11.2 Å². The number of hydrogen-bond donors (Lipinski definition) is 0. The Kier molecular flexibility index (Phi) is 3.72. The smallest absolute Gasteiger partial charge is 0.117 e. The van der Waals surface area contributed by atoms with Crippen LogP contribution in [-0.4, -0.2) is 5.60 Å². The number of hydrogen-bond acceptors (Lipinski definition) is 1. The van der Waals surface area contributed by atoms with Gasteiger partial charge in [-0.25, -0.2) is 0 Å². The first kappa shape index (κ1) is 12.4. The maximum Gasteiger partial charge on any atom is 0.117 e. The molecule has 0 saturated carbocycles. The largest absolute Gasteiger partial charge is 0.492 e. The van der Waals surface area contributed by atoms with Gasteiger partial charge in [0.25, 0.3) is 0 Å². The van der Waals surface area contributed by atoms with E-state index in [0.29, 0.717) is 0 Å². The molecule has 1 saturated heterocycles. The summed E-state index contributed by atoms with van der Waals surface area (Å²) >= 11 is 3.45. The van der Waals surface area contributed by atoms with Crippen molar-refractivity contribution in [2.75, 3.05) is 0 Å². The van der Waals surface area contributed by atoms with Gasteiger partial charge in [-0.15, -0.1) is 0 Å². The molecule has 0 bridgehead atoms. The molecule has 1 nitrogen and oxygen atoms in total. The third-order valence-corrected chi connectivity index (χ3v) is 3.38. The third-order valence-electron chi connectivity index (χ3n) is 3.10. The van der Waals surface area contributed by atoms with E-state index in [-0.39, 0.29) is 5.60 Å². The van der Waals surface area contributed by atoms with Crippen molar-refractivity contribution in [1.82, 2.24) is 0 Å². The Morgan fingerprint density at radius 2 is 2.06 bits per heavy atom. The van der Waals surface area contributed by atoms with Gasteiger partial charge >= 0.3 is 0 Å². The maximum atomic E-state index is 5.98. The van der Waals surface area contributed by atoms with Crippen molar-refractivity contribution in [1.29, 1.82) is 0 Å². The first-order chi connectivity index (χ1) is 8.10. The zero-order valence-corrected chi connectivity index (χ0v) is 11.5. The Morgan fingerprint density at radius 1 is 1.35 bits per heavy atom. The molecule has 1 atom stereocenters. The SMILES string of the molecule is C=C(Br)CC1(Cc2ccccc2)CCC(=C)O1. The lowest BCUT2D eigenvalue weighted by Crippen LogP contribution is -2.30. The fraction of sp³-hybridized carbons (Fsp3) is 0.333. The molecule has 1 aliphatic heterocycles. The molecular weight excluding hydrogens is 276 g/mol. The van der Waals surface area contributed by atoms with Crippen LogP contribution in [0.5, 0.6) is 0 Å². The summed E-state index contributed by atoms with van der Waals surface area (Å²) in [6.07, 6.45) is 3.72. The molecule has 2 heteroatoms. The molecule has 17 heavy (non-hydrogen) atoms. The van der Waals surface area contributed by atoms with Crippen molar-refractivity contribution < 1.29 is 4.74 Å². The Bertz CT molecular complexity index is 424. The van der Waals surface area contributed by atoms with E-state index < -0.39 is 0 Å². The van der Waals surface area contributed by atoms with Crippen molar-refractivity contribution in [3.8, 4) is 0 Å². The summed E-state index contributed by atoms with van der Waals surface area (Å²) in [5.74, 6) is 0.898. The normalized spacial score (nSPS) is 23.5. The second-order valence-corrected chi connectivity index (χ2v) is 5.80. The van der Waals surface area contributed by atoms with Crippen LogP contribution in [0, 0.1) is 0 Å². The molecule has 90 valence electrons. The Labute approximate surface area is 111 Å². The Morgan fingerprint density at radius 3 is 2.59 bits per heavy atom. The lowest BCUT2D eigenvalue weighted by atomic mass is 9.88. The van der Waals surface area contributed by atoms with Crippen molar-refractivity contribution >= 4 is 15.9 Å². The second kappa shape index (κ2) is 5.09. The molecule has 0 spiro atoms. The topological polar surface area (TPSA) is 9.23 Å². The van der Waals surface area contributed by atoms with Gasteiger partial charge in [-0.1, -0.05) is 59.4 Å². The summed E-state index contributed by atoms with van der Waals surface area (Å²) in [6.45, 7) is 7.87. The monoisotopic (exact) mass is 292 g/mol. The molecule has 0 amide bonds. The van der Waals surface area contributed by atoms with Gasteiger partial charge in [-0.3, -0.25) is 0 Å². The predicted molar refractivity (Wildman–Crippen MR) is 75.0 cm³/mol. The molecule has 1 aliphatic rings. The number of rotatable bonds is 4. The minimum atomic E-state index is -0.154. The van der Waals surface area contributed by atoms with Crippen molar-refractivity contribution in [3.63, 3.8) is 0 Å². The number of ether oxygens (including phenoxy) is 1. The van der Waals surface area contributed by atoms with Gasteiger partial charge in [-0.2, -0.15) is 0 Å². The maximum absolute atomic E-state index is 5.98. The van der Waals surface area contributed by atoms with E-state index in [9.17, 15) is 0 Å². The highest BCUT2D eigenvalue weighted by Gasteiger charge is 2.37. The van der Waals surface area contributed by atoms with E-state index in [0.717, 1.165) is 35.9 Å². The van der Waals surface area contributed by atoms with E-state index >= 15 is 0 Å². The fourth-order valence-corrected chi connectivity index (χ4v) is 2.92. The summed E-state index contributed by atoms with van der Waals surface area (Å²) in [5, 5.41) is 0. The highest BCUT2D eigenvalue weighted by Crippen LogP contribution is 2.40. The van der Waals surface area contributed by atoms with Crippen molar-refractivity contribution in [2.24, 2.45) is 0 Å². The molecule has 1 unspecified atom stereocenters. The van der Waals surface area contributed by atoms with Crippen LogP contribution >= 0.6 is 15.9 Å². The average Bonchev–Trinajstić information content (AvgIpc) is 2.60. The first-order valence-electron chi connectivity index (χ1n) is 5.84. The summed E-state index contributed by atoms with van der Waals surface area (Å²) in [5.41, 5.74) is 1.15. The summed E-state index contributed by atoms with van der Waals surface area (Å²) < 4.78 is 6.97. The quantitative estimate of drug-likeness (QED) is 0.789. The molecular formula is C15H17BrO. The molecule has 0 aliphatic carbocycles. The van der Waals surface area contributed by atoms with E-state index in [1.165, 1.54) is 5.56 Å². The Hall–Kier alpha value is -1.02. The van der Waals surface area contributed by atoms with E-state index in [1.807, 2.05) is 6.07 Å². The molecule has 1 aromatic carbocycles. The number of halogens is 1. The Balaban J connectivity index is 2.17. The van der Waals surface area contributed by atoms with Crippen LogP contribution < -0.4 is 0 Å². The van der Waals surface area contributed by atoms with Gasteiger partial charge in [0.15, 0.2) is 0 Å². The van der Waals surface area contributed by atoms with Gasteiger partial charge in [0, 0.05) is 19.3 Å². The van der Waals surface area contributed by atoms with Gasteiger partial charge in [0.2, 0.25) is 0 Å². The first-order valence-corrected chi connectivity index (χ1v) is 6.63. The van der Waals surface area contributed by atoms with Crippen LogP contribution in [0.15, 0.2) is 53.7 Å². The van der Waals surface area contributed by atoms with E-state index in [1.54, 1.807) is 0 Å². The van der Waals surface area contributed by atoms with Crippen LogP contribution in [0.3, 0.4) is 0 Å². The summed E-state index contributed by atoms with van der Waals surface area (Å²) in [7, 11) is 0. The molecule has 0 N–H and O–H groups in total. The third kappa shape index (κ3) is 3.22. The number of benzene rings is 1. The standard InChI is InChI=1S/C15H17BrO/c1-12(16)10-15(9-8-13(2)17-15)11-14-6-4-3-5-7-14/h3-7H,1-2,8-11H2. The molecule has 1 heterocycles. The van der Waals surface area contributed by atoms with E-state index in [2.05, 4.69) is 53.4 Å². The van der Waals surface area contributed by atoms with Gasteiger partial charge in [-0.05, 0) is 16.5 Å². The van der Waals surface area contributed by atoms with Gasteiger partial charge in [0.05, 0.1) is 5.76 Å². The second-order valence-electron chi connectivity index (χ2n) is 4.68. The van der Waals surface area contributed by atoms with Crippen LogP contribution in [0.4, 0.5) is 0 Å². The van der Waals surface area contributed by atoms with Crippen molar-refractivity contribution in [2.45, 2.75) is 31.3 Å². The van der Waals surface area contributed by atoms with Crippen molar-refractivity contribution in [3.05, 3.63) is 59.3 Å². The summed E-state index contributed by atoms with van der Waals surface area (Å²) in [6, 6.07) is 10.5. The van der Waals surface area contributed by atoms with Gasteiger partial charge in [0.1, 0.15) is 5.60 Å². The molecule has 0 aromatic heterocycles. The van der Waals surface area contributed by atoms with Crippen LogP contribution in [0.1, 0.15) is 24.8 Å². The van der Waals surface area contributed by atoms with Crippen LogP contribution in [0.25, 0.3) is 0 Å². The minimum absolute atomic E-state index is 0.154. The molecule has 2 rings (SSSR count). The lowest BCUT2D eigenvalue weighted by Gasteiger charge is -2.28. The highest BCUT2D eigenvalue weighted by atomic mass is 79.9. The lowest BCUT2D eigenvalue weighted by molar-refractivity contribution is 0.0427. The predicted octanol–water partition coefficient (Wildman–Crippen LogP) is 4.59. The highest BCUT2D eigenvalue weighted by molar-refractivity contribution is 9.11. The fourth-order valence-electron chi connectivity index (χ4n) is 2.40. The number of allylic oxidation sites excluding steroid dienone is 1. The molecule has 0 radical (unpaired) electrons. The van der Waals surface area contributed by atoms with Crippen LogP contribution in [0.2, 0.25) is 0 Å². The zero-order valence-electron chi connectivity index (χ0n) is 9.92.